The van der Waals surface area contributed by atoms with Gasteiger partial charge in [0.05, 0.1) is 17.3 Å². The van der Waals surface area contributed by atoms with Gasteiger partial charge in [0, 0.05) is 43.6 Å². The highest BCUT2D eigenvalue weighted by molar-refractivity contribution is 5.63. The Morgan fingerprint density at radius 1 is 1.36 bits per heavy atom. The maximum Gasteiger partial charge on any atom is 0.0991 e. The Kier molecular flexibility index (Phi) is 4.23. The number of nitriles is 1. The topological polar surface area (TPSA) is 73.9 Å². The fourth-order valence-corrected chi connectivity index (χ4v) is 2.92. The maximum absolute atomic E-state index is 9.06. The van der Waals surface area contributed by atoms with Crippen molar-refractivity contribution >= 4 is 0 Å². The normalized spacial score (nSPS) is 20.4. The summed E-state index contributed by atoms with van der Waals surface area (Å²) in [5.74, 6) is 0.462. The zero-order chi connectivity index (χ0) is 15.5. The minimum Gasteiger partial charge on any atom is -0.396 e. The molecule has 1 aliphatic rings. The van der Waals surface area contributed by atoms with Crippen LogP contribution in [0.1, 0.15) is 24.0 Å². The number of aliphatic hydroxyl groups excluding tert-OH is 1. The Morgan fingerprint density at radius 2 is 2.09 bits per heavy atom. The number of benzene rings is 1. The van der Waals surface area contributed by atoms with Crippen molar-refractivity contribution in [2.24, 2.45) is 13.0 Å². The van der Waals surface area contributed by atoms with Crippen LogP contribution in [-0.2, 0) is 13.6 Å². The van der Waals surface area contributed by atoms with Crippen LogP contribution < -0.4 is 5.32 Å². The van der Waals surface area contributed by atoms with E-state index in [1.54, 1.807) is 0 Å². The lowest BCUT2D eigenvalue weighted by Gasteiger charge is -2.34. The molecule has 5 nitrogen and oxygen atoms in total. The second kappa shape index (κ2) is 6.30. The molecule has 22 heavy (non-hydrogen) atoms. The molecule has 0 spiro atoms. The molecule has 0 saturated heterocycles. The molecule has 1 saturated carbocycles. The van der Waals surface area contributed by atoms with Crippen molar-refractivity contribution in [3.8, 4) is 17.3 Å². The highest BCUT2D eigenvalue weighted by Crippen LogP contribution is 2.28. The maximum atomic E-state index is 9.06. The predicted molar refractivity (Wildman–Crippen MR) is 83.8 cm³/mol. The minimum absolute atomic E-state index is 0.293. The van der Waals surface area contributed by atoms with E-state index in [1.807, 2.05) is 42.2 Å². The molecule has 0 bridgehead atoms. The van der Waals surface area contributed by atoms with E-state index in [1.165, 1.54) is 0 Å². The third-order valence-corrected chi connectivity index (χ3v) is 4.27. The molecule has 1 aromatic heterocycles. The van der Waals surface area contributed by atoms with Gasteiger partial charge in [0.25, 0.3) is 0 Å². The summed E-state index contributed by atoms with van der Waals surface area (Å²) >= 11 is 0. The van der Waals surface area contributed by atoms with E-state index in [4.69, 9.17) is 10.4 Å². The summed E-state index contributed by atoms with van der Waals surface area (Å²) in [5, 5.41) is 26.0. The molecule has 3 rings (SSSR count). The highest BCUT2D eigenvalue weighted by atomic mass is 16.3. The first-order valence-corrected chi connectivity index (χ1v) is 7.57. The lowest BCUT2D eigenvalue weighted by molar-refractivity contribution is 0.126. The Morgan fingerprint density at radius 3 is 2.73 bits per heavy atom. The smallest absolute Gasteiger partial charge is 0.0991 e. The van der Waals surface area contributed by atoms with Crippen LogP contribution in [0.15, 0.2) is 30.5 Å². The zero-order valence-corrected chi connectivity index (χ0v) is 12.7. The minimum atomic E-state index is 0.293. The van der Waals surface area contributed by atoms with E-state index in [0.29, 0.717) is 24.1 Å². The van der Waals surface area contributed by atoms with Gasteiger partial charge in [-0.15, -0.1) is 0 Å². The van der Waals surface area contributed by atoms with Crippen molar-refractivity contribution in [2.75, 3.05) is 6.61 Å². The lowest BCUT2D eigenvalue weighted by Crippen LogP contribution is -2.42. The van der Waals surface area contributed by atoms with Crippen molar-refractivity contribution in [1.82, 2.24) is 15.1 Å². The number of aromatic nitrogens is 2. The van der Waals surface area contributed by atoms with Gasteiger partial charge in [-0.3, -0.25) is 4.68 Å². The lowest BCUT2D eigenvalue weighted by atomic mass is 9.81. The van der Waals surface area contributed by atoms with Crippen LogP contribution >= 0.6 is 0 Å². The number of hydrogen-bond donors (Lipinski definition) is 2. The predicted octanol–water partition coefficient (Wildman–Crippen LogP) is 1.82. The molecule has 5 heteroatoms. The average molecular weight is 296 g/mol. The summed E-state index contributed by atoms with van der Waals surface area (Å²) in [7, 11) is 1.92. The first-order valence-electron chi connectivity index (χ1n) is 7.57. The van der Waals surface area contributed by atoms with E-state index < -0.39 is 0 Å². The van der Waals surface area contributed by atoms with E-state index in [0.717, 1.165) is 36.2 Å². The van der Waals surface area contributed by atoms with Gasteiger partial charge in [0.15, 0.2) is 0 Å². The summed E-state index contributed by atoms with van der Waals surface area (Å²) in [5.41, 5.74) is 3.79. The molecule has 0 amide bonds. The molecule has 114 valence electrons. The molecule has 1 fully saturated rings. The number of aliphatic hydroxyl groups is 1. The molecule has 0 aliphatic heterocycles. The Bertz CT molecular complexity index is 678. The van der Waals surface area contributed by atoms with Crippen LogP contribution in [0.2, 0.25) is 0 Å². The zero-order valence-electron chi connectivity index (χ0n) is 12.7. The number of nitrogens with one attached hydrogen (secondary N) is 1. The molecule has 1 heterocycles. The van der Waals surface area contributed by atoms with Crippen molar-refractivity contribution in [3.63, 3.8) is 0 Å². The van der Waals surface area contributed by atoms with E-state index in [9.17, 15) is 0 Å². The van der Waals surface area contributed by atoms with Crippen LogP contribution in [0.4, 0.5) is 0 Å². The van der Waals surface area contributed by atoms with Crippen LogP contribution in [0, 0.1) is 17.2 Å². The van der Waals surface area contributed by atoms with Gasteiger partial charge in [-0.25, -0.2) is 0 Å². The van der Waals surface area contributed by atoms with Gasteiger partial charge in [0.2, 0.25) is 0 Å². The van der Waals surface area contributed by atoms with Crippen molar-refractivity contribution in [1.29, 1.82) is 5.26 Å². The van der Waals surface area contributed by atoms with Crippen molar-refractivity contribution in [3.05, 3.63) is 41.6 Å². The first-order chi connectivity index (χ1) is 10.7. The molecule has 0 radical (unpaired) electrons. The first kappa shape index (κ1) is 14.8. The Labute approximate surface area is 130 Å². The fraction of sp³-hybridized carbons (Fsp3) is 0.412. The molecule has 2 aromatic rings. The molecule has 1 aliphatic carbocycles. The van der Waals surface area contributed by atoms with Gasteiger partial charge in [-0.05, 0) is 30.9 Å². The SMILES string of the molecule is Cn1cc(CNC2CC(CO)C2)c(-c2ccc(C#N)cc2)n1. The van der Waals surface area contributed by atoms with Crippen LogP contribution in [0.5, 0.6) is 0 Å². The molecule has 0 atom stereocenters. The van der Waals surface area contributed by atoms with Gasteiger partial charge < -0.3 is 10.4 Å². The third-order valence-electron chi connectivity index (χ3n) is 4.27. The van der Waals surface area contributed by atoms with E-state index in [2.05, 4.69) is 16.5 Å². The molecule has 0 unspecified atom stereocenters. The molecular formula is C17H20N4O. The van der Waals surface area contributed by atoms with Gasteiger partial charge in [-0.2, -0.15) is 10.4 Å². The molecule has 2 N–H and O–H groups in total. The summed E-state index contributed by atoms with van der Waals surface area (Å²) in [4.78, 5) is 0. The van der Waals surface area contributed by atoms with Crippen molar-refractivity contribution < 1.29 is 5.11 Å². The quantitative estimate of drug-likeness (QED) is 0.882. The number of aryl methyl sites for hydroxylation is 1. The Hall–Kier alpha value is -2.16. The number of hydrogen-bond acceptors (Lipinski definition) is 4. The van der Waals surface area contributed by atoms with Crippen LogP contribution in [0.3, 0.4) is 0 Å². The molecule has 1 aromatic carbocycles. The molecular weight excluding hydrogens is 276 g/mol. The van der Waals surface area contributed by atoms with E-state index in [-0.39, 0.29) is 0 Å². The third kappa shape index (κ3) is 3.03. The second-order valence-electron chi connectivity index (χ2n) is 5.96. The fourth-order valence-electron chi connectivity index (χ4n) is 2.92. The largest absolute Gasteiger partial charge is 0.396 e. The number of nitrogens with zero attached hydrogens (tertiary/aromatic N) is 3. The summed E-state index contributed by atoms with van der Waals surface area (Å²) in [6.45, 7) is 1.06. The van der Waals surface area contributed by atoms with Crippen molar-refractivity contribution in [2.45, 2.75) is 25.4 Å². The van der Waals surface area contributed by atoms with Crippen LogP contribution in [-0.4, -0.2) is 27.5 Å². The standard InChI is InChI=1S/C17H20N4O/c1-21-10-15(9-19-16-6-13(7-16)11-22)17(20-21)14-4-2-12(8-18)3-5-14/h2-5,10,13,16,19,22H,6-7,9,11H2,1H3. The van der Waals surface area contributed by atoms with Gasteiger partial charge in [-0.1, -0.05) is 12.1 Å². The number of rotatable bonds is 5. The average Bonchev–Trinajstić information content (AvgIpc) is 2.87. The Balaban J connectivity index is 1.71. The summed E-state index contributed by atoms with van der Waals surface area (Å²) < 4.78 is 1.82. The van der Waals surface area contributed by atoms with Gasteiger partial charge >= 0.3 is 0 Å². The van der Waals surface area contributed by atoms with Crippen LogP contribution in [0.25, 0.3) is 11.3 Å². The second-order valence-corrected chi connectivity index (χ2v) is 5.96. The summed E-state index contributed by atoms with van der Waals surface area (Å²) in [6.07, 6.45) is 4.12. The van der Waals surface area contributed by atoms with E-state index >= 15 is 0 Å². The van der Waals surface area contributed by atoms with Gasteiger partial charge in [0.1, 0.15) is 0 Å². The summed E-state index contributed by atoms with van der Waals surface area (Å²) in [6, 6.07) is 10.1. The highest BCUT2D eigenvalue weighted by Gasteiger charge is 2.28. The monoisotopic (exact) mass is 296 g/mol.